The normalized spacial score (nSPS) is 10.1. The molecule has 0 spiro atoms. The molecular weight excluding hydrogens is 367 g/mol. The van der Waals surface area contributed by atoms with Crippen LogP contribution in [0.5, 0.6) is 17.2 Å². The molecule has 0 aliphatic heterocycles. The van der Waals surface area contributed by atoms with Crippen molar-refractivity contribution >= 4 is 40.5 Å². The van der Waals surface area contributed by atoms with E-state index in [1.807, 2.05) is 0 Å². The minimum Gasteiger partial charge on any atom is -0.495 e. The van der Waals surface area contributed by atoms with Crippen LogP contribution >= 0.6 is 23.2 Å². The van der Waals surface area contributed by atoms with Gasteiger partial charge in [-0.2, -0.15) is 0 Å². The molecule has 0 saturated heterocycles. The predicted molar refractivity (Wildman–Crippen MR) is 99.7 cm³/mol. The molecule has 0 aliphatic carbocycles. The fraction of sp³-hybridized carbons (Fsp3) is 0.235. The van der Waals surface area contributed by atoms with Crippen molar-refractivity contribution in [2.45, 2.75) is 0 Å². The quantitative estimate of drug-likeness (QED) is 0.752. The molecule has 2 aromatic rings. The summed E-state index contributed by atoms with van der Waals surface area (Å²) in [5.74, 6) is 1.17. The number of benzene rings is 2. The van der Waals surface area contributed by atoms with Crippen molar-refractivity contribution in [3.8, 4) is 17.2 Å². The van der Waals surface area contributed by atoms with Crippen molar-refractivity contribution in [1.82, 2.24) is 0 Å². The van der Waals surface area contributed by atoms with Gasteiger partial charge in [0, 0.05) is 17.8 Å². The molecule has 2 aromatic carbocycles. The molecule has 0 aliphatic rings. The first-order valence-electron chi connectivity index (χ1n) is 7.27. The first-order valence-corrected chi connectivity index (χ1v) is 8.02. The molecule has 134 valence electrons. The van der Waals surface area contributed by atoms with Crippen LogP contribution in [0.2, 0.25) is 10.0 Å². The molecule has 1 amide bonds. The smallest absolute Gasteiger partial charge is 0.243 e. The Morgan fingerprint density at radius 3 is 2.16 bits per heavy atom. The second kappa shape index (κ2) is 8.69. The van der Waals surface area contributed by atoms with Crippen LogP contribution in [0.1, 0.15) is 0 Å². The number of anilines is 2. The van der Waals surface area contributed by atoms with E-state index in [1.54, 1.807) is 30.3 Å². The highest BCUT2D eigenvalue weighted by Crippen LogP contribution is 2.35. The zero-order chi connectivity index (χ0) is 18.4. The Kier molecular flexibility index (Phi) is 6.61. The molecule has 8 heteroatoms. The lowest BCUT2D eigenvalue weighted by atomic mass is 10.2. The summed E-state index contributed by atoms with van der Waals surface area (Å²) in [6.07, 6.45) is 0. The second-order valence-electron chi connectivity index (χ2n) is 4.94. The van der Waals surface area contributed by atoms with E-state index in [2.05, 4.69) is 10.6 Å². The van der Waals surface area contributed by atoms with E-state index in [0.29, 0.717) is 38.7 Å². The highest BCUT2D eigenvalue weighted by atomic mass is 35.5. The third-order valence-corrected chi connectivity index (χ3v) is 3.94. The van der Waals surface area contributed by atoms with Crippen molar-refractivity contribution in [2.75, 3.05) is 38.5 Å². The SMILES string of the molecule is COc1ccc(NCC(=O)Nc2cc(OC)c(Cl)cc2OC)cc1Cl. The first-order chi connectivity index (χ1) is 12.0. The van der Waals surface area contributed by atoms with Crippen LogP contribution < -0.4 is 24.8 Å². The monoisotopic (exact) mass is 384 g/mol. The maximum atomic E-state index is 12.2. The minimum atomic E-state index is -0.269. The number of amides is 1. The number of hydrogen-bond acceptors (Lipinski definition) is 5. The molecule has 2 rings (SSSR count). The number of nitrogens with one attached hydrogen (secondary N) is 2. The van der Waals surface area contributed by atoms with Crippen LogP contribution in [0, 0.1) is 0 Å². The summed E-state index contributed by atoms with van der Waals surface area (Å²) < 4.78 is 15.5. The topological polar surface area (TPSA) is 68.8 Å². The average molecular weight is 385 g/mol. The molecule has 0 atom stereocenters. The predicted octanol–water partition coefficient (Wildman–Crippen LogP) is 4.07. The lowest BCUT2D eigenvalue weighted by molar-refractivity contribution is -0.114. The van der Waals surface area contributed by atoms with Gasteiger partial charge >= 0.3 is 0 Å². The molecule has 25 heavy (non-hydrogen) atoms. The standard InChI is InChI=1S/C17H18Cl2N2O4/c1-23-14-5-4-10(6-11(14)18)20-9-17(22)21-13-8-15(24-2)12(19)7-16(13)25-3/h4-8,20H,9H2,1-3H3,(H,21,22). The summed E-state index contributed by atoms with van der Waals surface area (Å²) in [5, 5.41) is 6.58. The zero-order valence-electron chi connectivity index (χ0n) is 14.0. The molecule has 0 bridgehead atoms. The summed E-state index contributed by atoms with van der Waals surface area (Å²) in [6.45, 7) is 0.0384. The summed E-state index contributed by atoms with van der Waals surface area (Å²) >= 11 is 12.1. The molecule has 0 unspecified atom stereocenters. The molecule has 0 heterocycles. The highest BCUT2D eigenvalue weighted by Gasteiger charge is 2.12. The Morgan fingerprint density at radius 1 is 0.920 bits per heavy atom. The number of rotatable bonds is 7. The van der Waals surface area contributed by atoms with Crippen LogP contribution in [-0.4, -0.2) is 33.8 Å². The second-order valence-corrected chi connectivity index (χ2v) is 5.75. The van der Waals surface area contributed by atoms with Gasteiger partial charge < -0.3 is 24.8 Å². The van der Waals surface area contributed by atoms with Crippen molar-refractivity contribution < 1.29 is 19.0 Å². The maximum absolute atomic E-state index is 12.2. The van der Waals surface area contributed by atoms with E-state index >= 15 is 0 Å². The van der Waals surface area contributed by atoms with Gasteiger partial charge in [-0.25, -0.2) is 0 Å². The zero-order valence-corrected chi connectivity index (χ0v) is 15.5. The molecule has 0 radical (unpaired) electrons. The van der Waals surface area contributed by atoms with Crippen LogP contribution in [0.15, 0.2) is 30.3 Å². The van der Waals surface area contributed by atoms with Gasteiger partial charge in [-0.1, -0.05) is 23.2 Å². The van der Waals surface area contributed by atoms with Crippen LogP contribution in [-0.2, 0) is 4.79 Å². The van der Waals surface area contributed by atoms with Crippen LogP contribution in [0.25, 0.3) is 0 Å². The van der Waals surface area contributed by atoms with Crippen molar-refractivity contribution in [3.05, 3.63) is 40.4 Å². The van der Waals surface area contributed by atoms with Crippen molar-refractivity contribution in [1.29, 1.82) is 0 Å². The van der Waals surface area contributed by atoms with Gasteiger partial charge in [-0.05, 0) is 18.2 Å². The van der Waals surface area contributed by atoms with Gasteiger partial charge in [0.25, 0.3) is 0 Å². The molecule has 0 aromatic heterocycles. The number of hydrogen-bond donors (Lipinski definition) is 2. The summed E-state index contributed by atoms with van der Waals surface area (Å²) in [7, 11) is 4.52. The first kappa shape index (κ1) is 19.0. The van der Waals surface area contributed by atoms with E-state index < -0.39 is 0 Å². The average Bonchev–Trinajstić information content (AvgIpc) is 2.61. The number of carbonyl (C=O) groups is 1. The Hall–Kier alpha value is -2.31. The fourth-order valence-corrected chi connectivity index (χ4v) is 2.60. The Bertz CT molecular complexity index is 769. The van der Waals surface area contributed by atoms with E-state index in [1.165, 1.54) is 21.3 Å². The van der Waals surface area contributed by atoms with Crippen LogP contribution in [0.3, 0.4) is 0 Å². The van der Waals surface area contributed by atoms with Gasteiger partial charge in [-0.15, -0.1) is 0 Å². The fourth-order valence-electron chi connectivity index (χ4n) is 2.11. The molecule has 0 fully saturated rings. The Morgan fingerprint density at radius 2 is 1.56 bits per heavy atom. The Labute approximate surface area is 156 Å². The van der Waals surface area contributed by atoms with E-state index in [9.17, 15) is 4.79 Å². The van der Waals surface area contributed by atoms with E-state index in [-0.39, 0.29) is 12.5 Å². The summed E-state index contributed by atoms with van der Waals surface area (Å²) in [4.78, 5) is 12.2. The molecule has 6 nitrogen and oxygen atoms in total. The third-order valence-electron chi connectivity index (χ3n) is 3.35. The summed E-state index contributed by atoms with van der Waals surface area (Å²) in [6, 6.07) is 8.34. The largest absolute Gasteiger partial charge is 0.495 e. The number of ether oxygens (including phenoxy) is 3. The van der Waals surface area contributed by atoms with E-state index in [4.69, 9.17) is 37.4 Å². The minimum absolute atomic E-state index is 0.0384. The van der Waals surface area contributed by atoms with Gasteiger partial charge in [0.15, 0.2) is 0 Å². The van der Waals surface area contributed by atoms with Gasteiger partial charge in [-0.3, -0.25) is 4.79 Å². The van der Waals surface area contributed by atoms with Gasteiger partial charge in [0.2, 0.25) is 5.91 Å². The highest BCUT2D eigenvalue weighted by molar-refractivity contribution is 6.32. The lowest BCUT2D eigenvalue weighted by Crippen LogP contribution is -2.22. The maximum Gasteiger partial charge on any atom is 0.243 e. The number of methoxy groups -OCH3 is 3. The van der Waals surface area contributed by atoms with Crippen molar-refractivity contribution in [3.63, 3.8) is 0 Å². The molecule has 2 N–H and O–H groups in total. The van der Waals surface area contributed by atoms with Crippen molar-refractivity contribution in [2.24, 2.45) is 0 Å². The lowest BCUT2D eigenvalue weighted by Gasteiger charge is -2.14. The number of carbonyl (C=O) groups excluding carboxylic acids is 1. The van der Waals surface area contributed by atoms with Gasteiger partial charge in [0.05, 0.1) is 43.6 Å². The summed E-state index contributed by atoms with van der Waals surface area (Å²) in [5.41, 5.74) is 1.16. The molecular formula is C17H18Cl2N2O4. The van der Waals surface area contributed by atoms with Crippen LogP contribution in [0.4, 0.5) is 11.4 Å². The third kappa shape index (κ3) is 4.84. The van der Waals surface area contributed by atoms with E-state index in [0.717, 1.165) is 0 Å². The Balaban J connectivity index is 2.04. The van der Waals surface area contributed by atoms with Gasteiger partial charge in [0.1, 0.15) is 17.2 Å². The molecule has 0 saturated carbocycles. The number of halogens is 2.